The van der Waals surface area contributed by atoms with E-state index in [1.165, 1.54) is 5.57 Å². The molecule has 2 aliphatic carbocycles. The molecule has 5 unspecified atom stereocenters. The highest BCUT2D eigenvalue weighted by atomic mass is 16.5. The molecule has 3 aliphatic rings. The third-order valence-corrected chi connectivity index (χ3v) is 7.39. The molecule has 0 bridgehead atoms. The van der Waals surface area contributed by atoms with Crippen LogP contribution in [0, 0.1) is 29.1 Å². The van der Waals surface area contributed by atoms with Gasteiger partial charge in [0, 0.05) is 18.8 Å². The van der Waals surface area contributed by atoms with E-state index in [1.807, 2.05) is 0 Å². The van der Waals surface area contributed by atoms with Crippen LogP contribution in [0.3, 0.4) is 0 Å². The van der Waals surface area contributed by atoms with Crippen molar-refractivity contribution in [2.45, 2.75) is 91.5 Å². The van der Waals surface area contributed by atoms with Crippen LogP contribution >= 0.6 is 0 Å². The molecule has 1 saturated heterocycles. The first-order chi connectivity index (χ1) is 13.7. The van der Waals surface area contributed by atoms with Crippen molar-refractivity contribution in [3.8, 4) is 0 Å². The molecule has 1 fully saturated rings. The van der Waals surface area contributed by atoms with Crippen molar-refractivity contribution in [1.29, 1.82) is 0 Å². The molecule has 0 amide bonds. The van der Waals surface area contributed by atoms with Crippen molar-refractivity contribution in [3.63, 3.8) is 0 Å². The van der Waals surface area contributed by atoms with Gasteiger partial charge >= 0.3 is 0 Å². The van der Waals surface area contributed by atoms with Gasteiger partial charge in [-0.2, -0.15) is 0 Å². The number of fused-ring (bicyclic) bond motifs is 1. The van der Waals surface area contributed by atoms with E-state index in [0.717, 1.165) is 44.5 Å². The van der Waals surface area contributed by atoms with E-state index >= 15 is 0 Å². The maximum absolute atomic E-state index is 10.1. The number of allylic oxidation sites excluding steroid dienone is 3. The highest BCUT2D eigenvalue weighted by Gasteiger charge is 2.41. The lowest BCUT2D eigenvalue weighted by molar-refractivity contribution is -0.0542. The van der Waals surface area contributed by atoms with Crippen LogP contribution in [0.5, 0.6) is 0 Å². The second-order valence-corrected chi connectivity index (χ2v) is 10.6. The van der Waals surface area contributed by atoms with E-state index in [-0.39, 0.29) is 17.6 Å². The fourth-order valence-electron chi connectivity index (χ4n) is 5.24. The van der Waals surface area contributed by atoms with Gasteiger partial charge in [0.15, 0.2) is 0 Å². The number of ether oxygens (including phenoxy) is 2. The number of aliphatic hydroxyl groups excluding tert-OH is 1. The minimum Gasteiger partial charge on any atom is -0.495 e. The van der Waals surface area contributed by atoms with Crippen LogP contribution in [0.1, 0.15) is 73.1 Å². The second-order valence-electron chi connectivity index (χ2n) is 10.6. The van der Waals surface area contributed by atoms with Crippen LogP contribution in [0.2, 0.25) is 0 Å². The van der Waals surface area contributed by atoms with Crippen LogP contribution < -0.4 is 0 Å². The summed E-state index contributed by atoms with van der Waals surface area (Å²) < 4.78 is 12.6. The van der Waals surface area contributed by atoms with Crippen molar-refractivity contribution in [3.05, 3.63) is 36.1 Å². The quantitative estimate of drug-likeness (QED) is 0.564. The standard InChI is InChI=1S/C26H42O3/c1-7-26(5,6)16-28-24-13-17(2)12-20-9-8-18(3)23(25(20)24)11-10-22-15-21(27)14-19(4)29-22/h8-9,12,17-18,21-25,27H,4,7,10-11,13-16H2,1-3,5-6H3/t17-,18?,21?,22?,23?,24-,25?/m0/s1. The predicted octanol–water partition coefficient (Wildman–Crippen LogP) is 6.05. The van der Waals surface area contributed by atoms with Gasteiger partial charge in [0.2, 0.25) is 0 Å². The van der Waals surface area contributed by atoms with Gasteiger partial charge in [0.1, 0.15) is 6.10 Å². The van der Waals surface area contributed by atoms with Gasteiger partial charge in [0.05, 0.1) is 24.6 Å². The topological polar surface area (TPSA) is 38.7 Å². The van der Waals surface area contributed by atoms with Crippen molar-refractivity contribution < 1.29 is 14.6 Å². The summed E-state index contributed by atoms with van der Waals surface area (Å²) in [6.45, 7) is 16.3. The fraction of sp³-hybridized carbons (Fsp3) is 0.769. The first kappa shape index (κ1) is 22.6. The Bertz CT molecular complexity index is 632. The molecule has 1 aliphatic heterocycles. The van der Waals surface area contributed by atoms with Crippen LogP contribution in [0.25, 0.3) is 0 Å². The van der Waals surface area contributed by atoms with E-state index in [2.05, 4.69) is 59.4 Å². The number of hydrogen-bond donors (Lipinski definition) is 1. The van der Waals surface area contributed by atoms with Crippen molar-refractivity contribution in [2.75, 3.05) is 6.61 Å². The molecule has 0 aromatic carbocycles. The maximum Gasteiger partial charge on any atom is 0.101 e. The first-order valence-corrected chi connectivity index (χ1v) is 11.7. The average molecular weight is 403 g/mol. The minimum absolute atomic E-state index is 0.0951. The zero-order valence-electron chi connectivity index (χ0n) is 19.2. The Labute approximate surface area is 178 Å². The molecule has 164 valence electrons. The smallest absolute Gasteiger partial charge is 0.101 e. The second kappa shape index (κ2) is 9.39. The van der Waals surface area contributed by atoms with E-state index in [4.69, 9.17) is 9.47 Å². The molecule has 0 saturated carbocycles. The Morgan fingerprint density at radius 1 is 1.24 bits per heavy atom. The summed E-state index contributed by atoms with van der Waals surface area (Å²) in [5, 5.41) is 10.1. The minimum atomic E-state index is -0.303. The van der Waals surface area contributed by atoms with Crippen LogP contribution in [-0.2, 0) is 9.47 Å². The lowest BCUT2D eigenvalue weighted by atomic mass is 9.65. The average Bonchev–Trinajstić information content (AvgIpc) is 2.65. The van der Waals surface area contributed by atoms with E-state index in [1.54, 1.807) is 0 Å². The molecule has 1 N–H and O–H groups in total. The Morgan fingerprint density at radius 2 is 2.00 bits per heavy atom. The van der Waals surface area contributed by atoms with Crippen LogP contribution in [-0.4, -0.2) is 30.0 Å². The number of hydrogen-bond acceptors (Lipinski definition) is 3. The van der Waals surface area contributed by atoms with Gasteiger partial charge in [-0.3, -0.25) is 0 Å². The Hall–Kier alpha value is -1.06. The summed E-state index contributed by atoms with van der Waals surface area (Å²) in [6, 6.07) is 0. The monoisotopic (exact) mass is 402 g/mol. The van der Waals surface area contributed by atoms with Crippen LogP contribution in [0.4, 0.5) is 0 Å². The summed E-state index contributed by atoms with van der Waals surface area (Å²) in [5.74, 6) is 2.86. The summed E-state index contributed by atoms with van der Waals surface area (Å²) >= 11 is 0. The highest BCUT2D eigenvalue weighted by molar-refractivity contribution is 5.31. The molecule has 0 aromatic heterocycles. The largest absolute Gasteiger partial charge is 0.495 e. The van der Waals surface area contributed by atoms with E-state index in [9.17, 15) is 5.11 Å². The molecule has 0 aromatic rings. The number of rotatable bonds is 7. The lowest BCUT2D eigenvalue weighted by Crippen LogP contribution is -2.41. The van der Waals surface area contributed by atoms with Gasteiger partial charge in [0.25, 0.3) is 0 Å². The molecule has 3 heteroatoms. The van der Waals surface area contributed by atoms with E-state index in [0.29, 0.717) is 36.2 Å². The molecular weight excluding hydrogens is 360 g/mol. The summed E-state index contributed by atoms with van der Waals surface area (Å²) in [5.41, 5.74) is 1.70. The number of aliphatic hydroxyl groups is 1. The van der Waals surface area contributed by atoms with Crippen molar-refractivity contribution in [1.82, 2.24) is 0 Å². The van der Waals surface area contributed by atoms with Crippen LogP contribution in [0.15, 0.2) is 36.1 Å². The summed E-state index contributed by atoms with van der Waals surface area (Å²) in [4.78, 5) is 0. The van der Waals surface area contributed by atoms with Gasteiger partial charge in [-0.05, 0) is 54.4 Å². The molecule has 0 spiro atoms. The van der Waals surface area contributed by atoms with Gasteiger partial charge in [-0.1, -0.05) is 59.4 Å². The Balaban J connectivity index is 1.72. The molecule has 1 heterocycles. The van der Waals surface area contributed by atoms with Crippen molar-refractivity contribution in [2.24, 2.45) is 29.1 Å². The van der Waals surface area contributed by atoms with E-state index < -0.39 is 0 Å². The molecule has 29 heavy (non-hydrogen) atoms. The Morgan fingerprint density at radius 3 is 2.69 bits per heavy atom. The van der Waals surface area contributed by atoms with Gasteiger partial charge in [-0.15, -0.1) is 0 Å². The fourth-order valence-corrected chi connectivity index (χ4v) is 5.24. The van der Waals surface area contributed by atoms with Gasteiger partial charge in [-0.25, -0.2) is 0 Å². The zero-order chi connectivity index (χ0) is 21.2. The predicted molar refractivity (Wildman–Crippen MR) is 119 cm³/mol. The lowest BCUT2D eigenvalue weighted by Gasteiger charge is -2.44. The van der Waals surface area contributed by atoms with Gasteiger partial charge < -0.3 is 14.6 Å². The summed E-state index contributed by atoms with van der Waals surface area (Å²) in [7, 11) is 0. The maximum atomic E-state index is 10.1. The first-order valence-electron chi connectivity index (χ1n) is 11.7. The third kappa shape index (κ3) is 5.76. The molecule has 3 rings (SSSR count). The third-order valence-electron chi connectivity index (χ3n) is 7.39. The van der Waals surface area contributed by atoms with Crippen molar-refractivity contribution >= 4 is 0 Å². The SMILES string of the molecule is C=C1CC(O)CC(CCC2C(C)C=CC3=C[C@H](C)C[C@H](OCC(C)(C)CC)C32)O1. The molecule has 3 nitrogen and oxygen atoms in total. The molecular formula is C26H42O3. The highest BCUT2D eigenvalue weighted by Crippen LogP contribution is 2.45. The zero-order valence-corrected chi connectivity index (χ0v) is 19.2. The molecule has 7 atom stereocenters. The summed E-state index contributed by atoms with van der Waals surface area (Å²) in [6.07, 6.45) is 12.9. The molecule has 0 radical (unpaired) electrons. The normalized spacial score (nSPS) is 37.7. The Kier molecular flexibility index (Phi) is 7.32.